The lowest BCUT2D eigenvalue weighted by Crippen LogP contribution is -1.99. The summed E-state index contributed by atoms with van der Waals surface area (Å²) in [7, 11) is 0. The molecule has 0 bridgehead atoms. The molecular weight excluding hydrogens is 192 g/mol. The molecule has 0 atom stereocenters. The Morgan fingerprint density at radius 1 is 1.47 bits per heavy atom. The van der Waals surface area contributed by atoms with Gasteiger partial charge < -0.3 is 8.98 Å². The van der Waals surface area contributed by atoms with Gasteiger partial charge in [-0.2, -0.15) is 5.26 Å². The van der Waals surface area contributed by atoms with Crippen molar-refractivity contribution >= 4 is 6.29 Å². The van der Waals surface area contributed by atoms with Crippen LogP contribution in [0.2, 0.25) is 0 Å². The molecule has 2 aromatic heterocycles. The summed E-state index contributed by atoms with van der Waals surface area (Å²) in [6.07, 6.45) is 2.45. The van der Waals surface area contributed by atoms with Crippen LogP contribution >= 0.6 is 0 Å². The lowest BCUT2D eigenvalue weighted by molar-refractivity contribution is 0.109. The minimum atomic E-state index is 0.302. The molecule has 0 aliphatic rings. The van der Waals surface area contributed by atoms with Gasteiger partial charge in [-0.3, -0.25) is 4.79 Å². The van der Waals surface area contributed by atoms with Gasteiger partial charge in [-0.15, -0.1) is 0 Å². The maximum Gasteiger partial charge on any atom is 0.185 e. The van der Waals surface area contributed by atoms with Crippen LogP contribution in [-0.4, -0.2) is 10.9 Å². The summed E-state index contributed by atoms with van der Waals surface area (Å²) in [6.45, 7) is 0.462. The molecular formula is C11H8N2O2. The van der Waals surface area contributed by atoms with E-state index >= 15 is 0 Å². The molecule has 2 rings (SSSR count). The fourth-order valence-corrected chi connectivity index (χ4v) is 1.36. The van der Waals surface area contributed by atoms with Gasteiger partial charge in [0.2, 0.25) is 0 Å². The monoisotopic (exact) mass is 200 g/mol. The van der Waals surface area contributed by atoms with Crippen molar-refractivity contribution in [3.05, 3.63) is 47.7 Å². The maximum absolute atomic E-state index is 10.4. The van der Waals surface area contributed by atoms with Crippen molar-refractivity contribution < 1.29 is 9.21 Å². The van der Waals surface area contributed by atoms with Crippen LogP contribution in [0.4, 0.5) is 0 Å². The van der Waals surface area contributed by atoms with E-state index in [4.69, 9.17) is 9.68 Å². The molecule has 15 heavy (non-hydrogen) atoms. The highest BCUT2D eigenvalue weighted by Gasteiger charge is 2.04. The minimum Gasteiger partial charge on any atom is -0.456 e. The van der Waals surface area contributed by atoms with Gasteiger partial charge in [-0.1, -0.05) is 0 Å². The van der Waals surface area contributed by atoms with Crippen LogP contribution in [0.5, 0.6) is 0 Å². The maximum atomic E-state index is 10.4. The van der Waals surface area contributed by atoms with Crippen LogP contribution in [-0.2, 0) is 6.54 Å². The van der Waals surface area contributed by atoms with Crippen LogP contribution < -0.4 is 0 Å². The van der Waals surface area contributed by atoms with Gasteiger partial charge in [-0.25, -0.2) is 0 Å². The SMILES string of the molecule is N#Cc1cccn1Cc1ccc(C=O)o1. The first-order valence-electron chi connectivity index (χ1n) is 4.42. The number of nitrogens with zero attached hydrogens (tertiary/aromatic N) is 2. The van der Waals surface area contributed by atoms with Crippen molar-refractivity contribution in [3.63, 3.8) is 0 Å². The van der Waals surface area contributed by atoms with Gasteiger partial charge in [0.1, 0.15) is 17.5 Å². The number of rotatable bonds is 3. The van der Waals surface area contributed by atoms with Crippen molar-refractivity contribution in [2.24, 2.45) is 0 Å². The second-order valence-corrected chi connectivity index (χ2v) is 3.06. The minimum absolute atomic E-state index is 0.302. The molecule has 0 aliphatic heterocycles. The van der Waals surface area contributed by atoms with E-state index in [1.165, 1.54) is 0 Å². The summed E-state index contributed by atoms with van der Waals surface area (Å²) in [5.74, 6) is 0.959. The summed E-state index contributed by atoms with van der Waals surface area (Å²) in [5.41, 5.74) is 0.569. The number of aromatic nitrogens is 1. The zero-order chi connectivity index (χ0) is 10.7. The van der Waals surface area contributed by atoms with E-state index in [0.717, 1.165) is 0 Å². The van der Waals surface area contributed by atoms with Gasteiger partial charge in [0.15, 0.2) is 12.0 Å². The topological polar surface area (TPSA) is 58.9 Å². The molecule has 0 spiro atoms. The largest absolute Gasteiger partial charge is 0.456 e. The average molecular weight is 200 g/mol. The summed E-state index contributed by atoms with van der Waals surface area (Å²) in [6, 6.07) is 8.92. The van der Waals surface area contributed by atoms with E-state index in [-0.39, 0.29) is 0 Å². The fourth-order valence-electron chi connectivity index (χ4n) is 1.36. The Morgan fingerprint density at radius 3 is 3.00 bits per heavy atom. The Labute approximate surface area is 86.4 Å². The van der Waals surface area contributed by atoms with E-state index in [1.807, 2.05) is 0 Å². The number of furan rings is 1. The molecule has 0 fully saturated rings. The van der Waals surface area contributed by atoms with E-state index < -0.39 is 0 Å². The van der Waals surface area contributed by atoms with E-state index in [1.54, 1.807) is 35.0 Å². The molecule has 0 aromatic carbocycles. The van der Waals surface area contributed by atoms with Crippen LogP contribution in [0.15, 0.2) is 34.9 Å². The third kappa shape index (κ3) is 1.81. The second-order valence-electron chi connectivity index (χ2n) is 3.06. The molecule has 0 amide bonds. The van der Waals surface area contributed by atoms with Crippen LogP contribution in [0, 0.1) is 11.3 Å². The van der Waals surface area contributed by atoms with E-state index in [2.05, 4.69) is 6.07 Å². The number of hydrogen-bond acceptors (Lipinski definition) is 3. The zero-order valence-electron chi connectivity index (χ0n) is 7.88. The molecule has 2 heterocycles. The van der Waals surface area contributed by atoms with Crippen molar-refractivity contribution in [1.29, 1.82) is 5.26 Å². The molecule has 0 saturated carbocycles. The Morgan fingerprint density at radius 2 is 2.33 bits per heavy atom. The first-order valence-corrected chi connectivity index (χ1v) is 4.42. The lowest BCUT2D eigenvalue weighted by Gasteiger charge is -2.00. The number of hydrogen-bond donors (Lipinski definition) is 0. The van der Waals surface area contributed by atoms with Gasteiger partial charge in [0, 0.05) is 6.20 Å². The summed E-state index contributed by atoms with van der Waals surface area (Å²) in [4.78, 5) is 10.4. The van der Waals surface area contributed by atoms with Crippen molar-refractivity contribution in [2.75, 3.05) is 0 Å². The Hall–Kier alpha value is -2.28. The molecule has 2 aromatic rings. The van der Waals surface area contributed by atoms with Gasteiger partial charge in [0.25, 0.3) is 0 Å². The summed E-state index contributed by atoms with van der Waals surface area (Å²) in [5, 5.41) is 8.78. The Kier molecular flexibility index (Phi) is 2.38. The molecule has 0 saturated heterocycles. The van der Waals surface area contributed by atoms with Crippen LogP contribution in [0.1, 0.15) is 22.0 Å². The molecule has 4 heteroatoms. The normalized spacial score (nSPS) is 9.80. The Bertz CT molecular complexity index is 517. The van der Waals surface area contributed by atoms with Crippen molar-refractivity contribution in [3.8, 4) is 6.07 Å². The summed E-state index contributed by atoms with van der Waals surface area (Å²) < 4.78 is 6.96. The first-order chi connectivity index (χ1) is 7.33. The number of nitriles is 1. The molecule has 0 radical (unpaired) electrons. The van der Waals surface area contributed by atoms with Crippen molar-refractivity contribution in [2.45, 2.75) is 6.54 Å². The van der Waals surface area contributed by atoms with Crippen molar-refractivity contribution in [1.82, 2.24) is 4.57 Å². The van der Waals surface area contributed by atoms with Crippen LogP contribution in [0.25, 0.3) is 0 Å². The molecule has 0 unspecified atom stereocenters. The number of aldehydes is 1. The third-order valence-electron chi connectivity index (χ3n) is 2.07. The molecule has 4 nitrogen and oxygen atoms in total. The predicted molar refractivity (Wildman–Crippen MR) is 52.3 cm³/mol. The molecule has 0 aliphatic carbocycles. The van der Waals surface area contributed by atoms with E-state index in [9.17, 15) is 4.79 Å². The third-order valence-corrected chi connectivity index (χ3v) is 2.07. The van der Waals surface area contributed by atoms with Gasteiger partial charge in [-0.05, 0) is 24.3 Å². The second kappa shape index (κ2) is 3.84. The number of carbonyl (C=O) groups is 1. The highest BCUT2D eigenvalue weighted by molar-refractivity contribution is 5.70. The van der Waals surface area contributed by atoms with Gasteiger partial charge >= 0.3 is 0 Å². The highest BCUT2D eigenvalue weighted by Crippen LogP contribution is 2.10. The lowest BCUT2D eigenvalue weighted by atomic mass is 10.4. The standard InChI is InChI=1S/C11H8N2O2/c12-6-9-2-1-5-13(9)7-10-3-4-11(8-14)15-10/h1-5,8H,7H2. The Balaban J connectivity index is 2.22. The van der Waals surface area contributed by atoms with Gasteiger partial charge in [0.05, 0.1) is 6.54 Å². The quantitative estimate of drug-likeness (QED) is 0.710. The first kappa shape index (κ1) is 9.28. The smallest absolute Gasteiger partial charge is 0.185 e. The molecule has 0 N–H and O–H groups in total. The fraction of sp³-hybridized carbons (Fsp3) is 0.0909. The predicted octanol–water partition coefficient (Wildman–Crippen LogP) is 1.81. The zero-order valence-corrected chi connectivity index (χ0v) is 7.88. The van der Waals surface area contributed by atoms with E-state index in [0.29, 0.717) is 30.0 Å². The van der Waals surface area contributed by atoms with Crippen LogP contribution in [0.3, 0.4) is 0 Å². The number of carbonyl (C=O) groups excluding carboxylic acids is 1. The average Bonchev–Trinajstić information content (AvgIpc) is 2.87. The summed E-state index contributed by atoms with van der Waals surface area (Å²) >= 11 is 0. The molecule has 74 valence electrons. The highest BCUT2D eigenvalue weighted by atomic mass is 16.3.